The molecule has 168 valence electrons. The number of benzene rings is 2. The van der Waals surface area contributed by atoms with Gasteiger partial charge >= 0.3 is 11.9 Å². The van der Waals surface area contributed by atoms with E-state index in [0.29, 0.717) is 34.6 Å². The van der Waals surface area contributed by atoms with E-state index in [1.54, 1.807) is 24.3 Å². The molecule has 1 aliphatic rings. The molecule has 1 aliphatic carbocycles. The van der Waals surface area contributed by atoms with Gasteiger partial charge in [-0.15, -0.1) is 5.10 Å². The smallest absolute Gasteiger partial charge is 0.350 e. The maximum absolute atomic E-state index is 13.9. The first-order valence-electron chi connectivity index (χ1n) is 9.71. The Balaban J connectivity index is 1.51. The zero-order chi connectivity index (χ0) is 23.0. The van der Waals surface area contributed by atoms with Crippen molar-refractivity contribution in [2.45, 2.75) is 38.1 Å². The molecule has 11 heteroatoms. The quantitative estimate of drug-likeness (QED) is 0.552. The van der Waals surface area contributed by atoms with Gasteiger partial charge in [0, 0.05) is 28.7 Å². The highest BCUT2D eigenvalue weighted by Gasteiger charge is 2.32. The van der Waals surface area contributed by atoms with E-state index in [-0.39, 0.29) is 11.6 Å². The molecule has 3 aromatic rings. The molecule has 1 N–H and O–H groups in total. The van der Waals surface area contributed by atoms with Crippen molar-refractivity contribution in [2.75, 3.05) is 0 Å². The van der Waals surface area contributed by atoms with Gasteiger partial charge in [0.1, 0.15) is 12.4 Å². The Morgan fingerprint density at radius 3 is 2.47 bits per heavy atom. The molecular formula is C21H17ClF4N4O2. The van der Waals surface area contributed by atoms with Gasteiger partial charge in [0.05, 0.1) is 5.56 Å². The van der Waals surface area contributed by atoms with Crippen LogP contribution in [0.5, 0.6) is 0 Å². The van der Waals surface area contributed by atoms with Crippen molar-refractivity contribution >= 4 is 17.5 Å². The minimum atomic E-state index is -4.63. The van der Waals surface area contributed by atoms with E-state index in [2.05, 4.69) is 10.4 Å². The van der Waals surface area contributed by atoms with Gasteiger partial charge < -0.3 is 5.32 Å². The third-order valence-corrected chi connectivity index (χ3v) is 5.28. The molecule has 1 saturated carbocycles. The van der Waals surface area contributed by atoms with Gasteiger partial charge in [0.2, 0.25) is 5.91 Å². The summed E-state index contributed by atoms with van der Waals surface area (Å²) in [5, 5.41) is 7.14. The molecule has 0 aliphatic heterocycles. The lowest BCUT2D eigenvalue weighted by Crippen LogP contribution is -2.33. The van der Waals surface area contributed by atoms with Crippen LogP contribution in [0.1, 0.15) is 30.0 Å². The summed E-state index contributed by atoms with van der Waals surface area (Å²) < 4.78 is 54.9. The number of carbonyl (C=O) groups excluding carboxylic acids is 1. The van der Waals surface area contributed by atoms with E-state index >= 15 is 0 Å². The number of alkyl halides is 3. The predicted molar refractivity (Wildman–Crippen MR) is 108 cm³/mol. The molecule has 0 radical (unpaired) electrons. The third-order valence-electron chi connectivity index (χ3n) is 5.03. The van der Waals surface area contributed by atoms with E-state index in [9.17, 15) is 27.2 Å². The summed E-state index contributed by atoms with van der Waals surface area (Å²) in [5.41, 5.74) is -1.15. The minimum Gasteiger partial charge on any atom is -0.350 e. The summed E-state index contributed by atoms with van der Waals surface area (Å²) in [4.78, 5) is 25.1. The Morgan fingerprint density at radius 2 is 1.84 bits per heavy atom. The van der Waals surface area contributed by atoms with Crippen molar-refractivity contribution in [3.05, 3.63) is 74.9 Å². The standard InChI is InChI=1S/C21H17ClF4N4O2/c22-15-4-1-12(2-5-15)19-28-29(20(32)30(19)16-6-7-16)11-18(31)27-10-13-9-14(21(24,25)26)3-8-17(13)23/h1-5,8-9,16H,6-7,10-11H2,(H,27,31). The van der Waals surface area contributed by atoms with Gasteiger partial charge in [-0.3, -0.25) is 9.36 Å². The van der Waals surface area contributed by atoms with Crippen LogP contribution in [-0.4, -0.2) is 20.3 Å². The van der Waals surface area contributed by atoms with E-state index in [1.807, 2.05) is 0 Å². The summed E-state index contributed by atoms with van der Waals surface area (Å²) in [7, 11) is 0. The van der Waals surface area contributed by atoms with Crippen LogP contribution in [0, 0.1) is 5.82 Å². The fraction of sp³-hybridized carbons (Fsp3) is 0.286. The average Bonchev–Trinajstić information content (AvgIpc) is 3.52. The highest BCUT2D eigenvalue weighted by molar-refractivity contribution is 6.30. The molecule has 6 nitrogen and oxygen atoms in total. The summed E-state index contributed by atoms with van der Waals surface area (Å²) in [6.45, 7) is -0.920. The van der Waals surface area contributed by atoms with Crippen molar-refractivity contribution in [2.24, 2.45) is 0 Å². The van der Waals surface area contributed by atoms with E-state index in [1.165, 1.54) is 4.57 Å². The van der Waals surface area contributed by atoms with Crippen molar-refractivity contribution in [3.63, 3.8) is 0 Å². The fourth-order valence-electron chi connectivity index (χ4n) is 3.25. The first-order chi connectivity index (χ1) is 15.1. The number of amides is 1. The lowest BCUT2D eigenvalue weighted by atomic mass is 10.1. The van der Waals surface area contributed by atoms with Gasteiger partial charge in [-0.05, 0) is 55.3 Å². The Labute approximate surface area is 184 Å². The predicted octanol–water partition coefficient (Wildman–Crippen LogP) is 4.17. The molecule has 0 saturated heterocycles. The molecule has 1 heterocycles. The highest BCUT2D eigenvalue weighted by Crippen LogP contribution is 2.36. The lowest BCUT2D eigenvalue weighted by molar-refractivity contribution is -0.137. The highest BCUT2D eigenvalue weighted by atomic mass is 35.5. The maximum Gasteiger partial charge on any atom is 0.416 e. The van der Waals surface area contributed by atoms with Crippen molar-refractivity contribution in [1.29, 1.82) is 0 Å². The topological polar surface area (TPSA) is 68.9 Å². The van der Waals surface area contributed by atoms with Gasteiger partial charge in [0.15, 0.2) is 5.82 Å². The molecule has 2 aromatic carbocycles. The van der Waals surface area contributed by atoms with E-state index < -0.39 is 42.2 Å². The second-order valence-electron chi connectivity index (χ2n) is 7.45. The van der Waals surface area contributed by atoms with Crippen LogP contribution in [0.15, 0.2) is 47.3 Å². The Hall–Kier alpha value is -3.14. The first kappa shape index (κ1) is 22.1. The molecule has 1 aromatic heterocycles. The molecule has 0 bridgehead atoms. The molecular weight excluding hydrogens is 452 g/mol. The molecule has 4 rings (SSSR count). The molecule has 0 spiro atoms. The van der Waals surface area contributed by atoms with E-state index in [4.69, 9.17) is 11.6 Å². The molecule has 0 atom stereocenters. The number of nitrogens with one attached hydrogen (secondary N) is 1. The molecule has 1 amide bonds. The average molecular weight is 469 g/mol. The molecule has 0 unspecified atom stereocenters. The number of halogens is 5. The lowest BCUT2D eigenvalue weighted by Gasteiger charge is -2.10. The third kappa shape index (κ3) is 4.69. The van der Waals surface area contributed by atoms with Gasteiger partial charge in [-0.25, -0.2) is 13.9 Å². The fourth-order valence-corrected chi connectivity index (χ4v) is 3.38. The van der Waals surface area contributed by atoms with Crippen LogP contribution in [0.2, 0.25) is 5.02 Å². The van der Waals surface area contributed by atoms with Gasteiger partial charge in [0.25, 0.3) is 0 Å². The van der Waals surface area contributed by atoms with Crippen LogP contribution in [0.25, 0.3) is 11.4 Å². The number of rotatable bonds is 6. The Bertz CT molecular complexity index is 1210. The maximum atomic E-state index is 13.9. The van der Waals surface area contributed by atoms with Crippen LogP contribution in [0.4, 0.5) is 17.6 Å². The van der Waals surface area contributed by atoms with Crippen molar-refractivity contribution < 1.29 is 22.4 Å². The van der Waals surface area contributed by atoms with Crippen LogP contribution in [0.3, 0.4) is 0 Å². The van der Waals surface area contributed by atoms with Gasteiger partial charge in [-0.2, -0.15) is 13.2 Å². The Kier molecular flexibility index (Phi) is 5.81. The molecule has 1 fully saturated rings. The summed E-state index contributed by atoms with van der Waals surface area (Å²) >= 11 is 5.91. The summed E-state index contributed by atoms with van der Waals surface area (Å²) in [5.74, 6) is -1.17. The Morgan fingerprint density at radius 1 is 1.16 bits per heavy atom. The number of hydrogen-bond donors (Lipinski definition) is 1. The summed E-state index contributed by atoms with van der Waals surface area (Å²) in [6, 6.07) is 8.70. The normalized spacial score (nSPS) is 13.9. The number of carbonyl (C=O) groups is 1. The molecule has 32 heavy (non-hydrogen) atoms. The second kappa shape index (κ2) is 8.42. The zero-order valence-corrected chi connectivity index (χ0v) is 17.3. The van der Waals surface area contributed by atoms with Crippen molar-refractivity contribution in [3.8, 4) is 11.4 Å². The number of hydrogen-bond acceptors (Lipinski definition) is 3. The monoisotopic (exact) mass is 468 g/mol. The number of aromatic nitrogens is 3. The van der Waals surface area contributed by atoms with Crippen LogP contribution < -0.4 is 11.0 Å². The minimum absolute atomic E-state index is 0.0100. The number of nitrogens with zero attached hydrogens (tertiary/aromatic N) is 3. The van der Waals surface area contributed by atoms with E-state index in [0.717, 1.165) is 17.5 Å². The van der Waals surface area contributed by atoms with Crippen LogP contribution in [-0.2, 0) is 24.1 Å². The summed E-state index contributed by atoms with van der Waals surface area (Å²) in [6.07, 6.45) is -3.01. The SMILES string of the molecule is O=C(Cn1nc(-c2ccc(Cl)cc2)n(C2CC2)c1=O)NCc1cc(C(F)(F)F)ccc1F. The van der Waals surface area contributed by atoms with Crippen LogP contribution >= 0.6 is 11.6 Å². The van der Waals surface area contributed by atoms with Gasteiger partial charge in [-0.1, -0.05) is 11.6 Å². The van der Waals surface area contributed by atoms with Crippen molar-refractivity contribution in [1.82, 2.24) is 19.7 Å². The zero-order valence-electron chi connectivity index (χ0n) is 16.5. The first-order valence-corrected chi connectivity index (χ1v) is 10.1. The largest absolute Gasteiger partial charge is 0.416 e. The second-order valence-corrected chi connectivity index (χ2v) is 7.89.